The molecule has 3 heteroatoms. The van der Waals surface area contributed by atoms with Crippen LogP contribution in [-0.2, 0) is 4.74 Å². The molecule has 0 heterocycles. The maximum Gasteiger partial charge on any atom is 0.0634 e. The Kier molecular flexibility index (Phi) is 7.15. The van der Waals surface area contributed by atoms with Crippen LogP contribution >= 0.6 is 0 Å². The Labute approximate surface area is 88.8 Å². The molecule has 0 amide bonds. The van der Waals surface area contributed by atoms with Gasteiger partial charge in [-0.2, -0.15) is 0 Å². The van der Waals surface area contributed by atoms with Crippen LogP contribution in [0.5, 0.6) is 0 Å². The molecule has 0 unspecified atom stereocenters. The van der Waals surface area contributed by atoms with Gasteiger partial charge in [0.1, 0.15) is 0 Å². The van der Waals surface area contributed by atoms with Gasteiger partial charge in [0.15, 0.2) is 0 Å². The van der Waals surface area contributed by atoms with Gasteiger partial charge < -0.3 is 15.0 Å². The second-order valence-corrected chi connectivity index (χ2v) is 4.37. The third-order valence-corrected chi connectivity index (χ3v) is 2.57. The lowest BCUT2D eigenvalue weighted by molar-refractivity contribution is 0.00922. The molecule has 0 aromatic carbocycles. The van der Waals surface area contributed by atoms with E-state index in [9.17, 15) is 0 Å². The molecule has 0 saturated heterocycles. The maximum absolute atomic E-state index is 5.37. The van der Waals surface area contributed by atoms with Crippen LogP contribution in [0.25, 0.3) is 0 Å². The number of ether oxygens (including phenoxy) is 1. The van der Waals surface area contributed by atoms with Crippen LogP contribution in [0.4, 0.5) is 0 Å². The van der Waals surface area contributed by atoms with E-state index >= 15 is 0 Å². The van der Waals surface area contributed by atoms with Crippen LogP contribution in [-0.4, -0.2) is 50.8 Å². The first kappa shape index (κ1) is 13.9. The SMILES string of the molecule is CCNCCN(C)CCC(C)(C)OC. The van der Waals surface area contributed by atoms with Gasteiger partial charge in [0.05, 0.1) is 5.60 Å². The van der Waals surface area contributed by atoms with Gasteiger partial charge in [-0.1, -0.05) is 6.92 Å². The molecule has 0 radical (unpaired) electrons. The minimum atomic E-state index is 0.00639. The number of methoxy groups -OCH3 is 1. The summed E-state index contributed by atoms with van der Waals surface area (Å²) in [7, 11) is 3.93. The zero-order valence-corrected chi connectivity index (χ0v) is 10.4. The minimum Gasteiger partial charge on any atom is -0.379 e. The number of hydrogen-bond donors (Lipinski definition) is 1. The quantitative estimate of drug-likeness (QED) is 0.601. The van der Waals surface area contributed by atoms with Gasteiger partial charge >= 0.3 is 0 Å². The molecular weight excluding hydrogens is 176 g/mol. The highest BCUT2D eigenvalue weighted by molar-refractivity contribution is 4.69. The lowest BCUT2D eigenvalue weighted by atomic mass is 10.1. The van der Waals surface area contributed by atoms with E-state index in [2.05, 4.69) is 38.0 Å². The molecule has 0 spiro atoms. The second-order valence-electron chi connectivity index (χ2n) is 4.37. The van der Waals surface area contributed by atoms with Gasteiger partial charge in [-0.25, -0.2) is 0 Å². The van der Waals surface area contributed by atoms with Crippen molar-refractivity contribution in [1.29, 1.82) is 0 Å². The van der Waals surface area contributed by atoms with Crippen LogP contribution in [0.15, 0.2) is 0 Å². The van der Waals surface area contributed by atoms with Gasteiger partial charge in [-0.05, 0) is 33.9 Å². The van der Waals surface area contributed by atoms with E-state index in [-0.39, 0.29) is 5.60 Å². The standard InChI is InChI=1S/C11H26N2O/c1-6-12-8-10-13(4)9-7-11(2,3)14-5/h12H,6-10H2,1-5H3. The molecule has 0 fully saturated rings. The summed E-state index contributed by atoms with van der Waals surface area (Å²) in [6.45, 7) is 10.7. The number of nitrogens with zero attached hydrogens (tertiary/aromatic N) is 1. The summed E-state index contributed by atoms with van der Waals surface area (Å²) in [5, 5.41) is 3.32. The van der Waals surface area contributed by atoms with Crippen molar-refractivity contribution in [2.24, 2.45) is 0 Å². The lowest BCUT2D eigenvalue weighted by Crippen LogP contribution is -2.34. The molecule has 1 N–H and O–H groups in total. The Morgan fingerprint density at radius 1 is 1.29 bits per heavy atom. The Morgan fingerprint density at radius 3 is 2.43 bits per heavy atom. The van der Waals surface area contributed by atoms with E-state index in [4.69, 9.17) is 4.74 Å². The molecule has 0 atom stereocenters. The summed E-state index contributed by atoms with van der Waals surface area (Å²) >= 11 is 0. The van der Waals surface area contributed by atoms with Crippen molar-refractivity contribution >= 4 is 0 Å². The van der Waals surface area contributed by atoms with E-state index in [1.54, 1.807) is 7.11 Å². The van der Waals surface area contributed by atoms with Crippen molar-refractivity contribution in [3.05, 3.63) is 0 Å². The van der Waals surface area contributed by atoms with Crippen molar-refractivity contribution in [3.8, 4) is 0 Å². The Hall–Kier alpha value is -0.120. The first-order valence-electron chi connectivity index (χ1n) is 5.46. The molecule has 0 aliphatic rings. The molecule has 0 aliphatic carbocycles. The van der Waals surface area contributed by atoms with Gasteiger partial charge in [0.2, 0.25) is 0 Å². The Balaban J connectivity index is 3.48. The predicted molar refractivity (Wildman–Crippen MR) is 61.7 cm³/mol. The molecule has 86 valence electrons. The fraction of sp³-hybridized carbons (Fsp3) is 1.00. The van der Waals surface area contributed by atoms with Crippen LogP contribution in [0.1, 0.15) is 27.2 Å². The van der Waals surface area contributed by atoms with E-state index in [0.717, 1.165) is 32.6 Å². The maximum atomic E-state index is 5.37. The molecule has 3 nitrogen and oxygen atoms in total. The molecule has 14 heavy (non-hydrogen) atoms. The monoisotopic (exact) mass is 202 g/mol. The molecule has 0 saturated carbocycles. The van der Waals surface area contributed by atoms with Crippen LogP contribution in [0, 0.1) is 0 Å². The minimum absolute atomic E-state index is 0.00639. The van der Waals surface area contributed by atoms with Crippen LogP contribution in [0.2, 0.25) is 0 Å². The summed E-state index contributed by atoms with van der Waals surface area (Å²) in [4.78, 5) is 2.34. The van der Waals surface area contributed by atoms with Crippen molar-refractivity contribution in [2.75, 3.05) is 40.3 Å². The number of likely N-dealkylation sites (N-methyl/N-ethyl adjacent to an activating group) is 2. The summed E-state index contributed by atoms with van der Waals surface area (Å²) in [6.07, 6.45) is 1.08. The fourth-order valence-electron chi connectivity index (χ4n) is 1.12. The van der Waals surface area contributed by atoms with Crippen molar-refractivity contribution < 1.29 is 4.74 Å². The molecular formula is C11H26N2O. The zero-order chi connectivity index (χ0) is 11.0. The molecule has 0 bridgehead atoms. The van der Waals surface area contributed by atoms with Gasteiger partial charge in [-0.3, -0.25) is 0 Å². The topological polar surface area (TPSA) is 24.5 Å². The molecule has 0 aliphatic heterocycles. The normalized spacial score (nSPS) is 12.4. The zero-order valence-electron chi connectivity index (χ0n) is 10.4. The fourth-order valence-corrected chi connectivity index (χ4v) is 1.12. The summed E-state index contributed by atoms with van der Waals surface area (Å²) in [6, 6.07) is 0. The summed E-state index contributed by atoms with van der Waals surface area (Å²) < 4.78 is 5.37. The summed E-state index contributed by atoms with van der Waals surface area (Å²) in [5.74, 6) is 0. The van der Waals surface area contributed by atoms with Crippen molar-refractivity contribution in [3.63, 3.8) is 0 Å². The van der Waals surface area contributed by atoms with E-state index in [0.29, 0.717) is 0 Å². The Bertz CT molecular complexity index is 137. The van der Waals surface area contributed by atoms with Crippen LogP contribution in [0.3, 0.4) is 0 Å². The third kappa shape index (κ3) is 7.30. The van der Waals surface area contributed by atoms with Crippen molar-refractivity contribution in [2.45, 2.75) is 32.8 Å². The average molecular weight is 202 g/mol. The molecule has 0 rings (SSSR count). The Morgan fingerprint density at radius 2 is 1.93 bits per heavy atom. The van der Waals surface area contributed by atoms with E-state index in [1.165, 1.54) is 0 Å². The van der Waals surface area contributed by atoms with Gasteiger partial charge in [0, 0.05) is 26.7 Å². The summed E-state index contributed by atoms with van der Waals surface area (Å²) in [5.41, 5.74) is 0.00639. The molecule has 0 aromatic rings. The molecule has 0 aromatic heterocycles. The number of nitrogens with one attached hydrogen (secondary N) is 1. The van der Waals surface area contributed by atoms with E-state index in [1.807, 2.05) is 0 Å². The lowest BCUT2D eigenvalue weighted by Gasteiger charge is -2.26. The smallest absolute Gasteiger partial charge is 0.0634 e. The second kappa shape index (κ2) is 7.21. The highest BCUT2D eigenvalue weighted by Crippen LogP contribution is 2.12. The van der Waals surface area contributed by atoms with Gasteiger partial charge in [-0.15, -0.1) is 0 Å². The highest BCUT2D eigenvalue weighted by Gasteiger charge is 2.16. The van der Waals surface area contributed by atoms with Crippen molar-refractivity contribution in [1.82, 2.24) is 10.2 Å². The first-order valence-corrected chi connectivity index (χ1v) is 5.46. The van der Waals surface area contributed by atoms with Gasteiger partial charge in [0.25, 0.3) is 0 Å². The number of hydrogen-bond acceptors (Lipinski definition) is 3. The first-order chi connectivity index (χ1) is 6.52. The third-order valence-electron chi connectivity index (χ3n) is 2.57. The predicted octanol–water partition coefficient (Wildman–Crippen LogP) is 1.34. The average Bonchev–Trinajstić information content (AvgIpc) is 2.16. The number of rotatable bonds is 8. The highest BCUT2D eigenvalue weighted by atomic mass is 16.5. The van der Waals surface area contributed by atoms with Crippen LogP contribution < -0.4 is 5.32 Å². The van der Waals surface area contributed by atoms with E-state index < -0.39 is 0 Å². The largest absolute Gasteiger partial charge is 0.379 e.